The average Bonchev–Trinajstić information content (AvgIpc) is 3.49. The third kappa shape index (κ3) is 5.91. The summed E-state index contributed by atoms with van der Waals surface area (Å²) in [5.74, 6) is 0.382. The maximum atomic E-state index is 5.80. The first-order valence-corrected chi connectivity index (χ1v) is 23.9. The van der Waals surface area contributed by atoms with Gasteiger partial charge in [0.2, 0.25) is 0 Å². The summed E-state index contributed by atoms with van der Waals surface area (Å²) in [5.41, 5.74) is 12.3. The van der Waals surface area contributed by atoms with Gasteiger partial charge < -0.3 is 0 Å². The van der Waals surface area contributed by atoms with Crippen LogP contribution in [-0.4, -0.2) is 4.21 Å². The molecule has 0 spiro atoms. The molecule has 1 atom stereocenters. The molecule has 0 N–H and O–H groups in total. The van der Waals surface area contributed by atoms with E-state index in [1.54, 1.807) is 23.3 Å². The van der Waals surface area contributed by atoms with Crippen LogP contribution in [0.1, 0.15) is 112 Å². The molecule has 0 radical (unpaired) electrons. The summed E-state index contributed by atoms with van der Waals surface area (Å²) >= 11 is -4.56. The second kappa shape index (κ2) is 12.5. The molecule has 5 rings (SSSR count). The van der Waals surface area contributed by atoms with E-state index in [4.69, 9.17) is 4.21 Å². The van der Waals surface area contributed by atoms with Gasteiger partial charge in [-0.25, -0.2) is 0 Å². The number of hydrogen-bond acceptors (Lipinski definition) is 0. The summed E-state index contributed by atoms with van der Waals surface area (Å²) < 4.78 is 11.8. The topological polar surface area (TPSA) is 0 Å². The molecule has 2 aliphatic carbocycles. The van der Waals surface area contributed by atoms with Crippen LogP contribution in [0.3, 0.4) is 0 Å². The molecule has 3 heteroatoms. The molecule has 244 valence electrons. The van der Waals surface area contributed by atoms with Gasteiger partial charge in [-0.1, -0.05) is 0 Å². The van der Waals surface area contributed by atoms with Gasteiger partial charge in [-0.3, -0.25) is 0 Å². The predicted molar refractivity (Wildman–Crippen MR) is 204 cm³/mol. The second-order valence-corrected chi connectivity index (χ2v) is 30.8. The Morgan fingerprint density at radius 2 is 1.36 bits per heavy atom. The van der Waals surface area contributed by atoms with E-state index < -0.39 is 18.3 Å². The number of fused-ring (bicyclic) bond motifs is 3. The molecule has 0 fully saturated rings. The van der Waals surface area contributed by atoms with Crippen LogP contribution in [0.4, 0.5) is 0 Å². The first-order chi connectivity index (χ1) is 19.9. The summed E-state index contributed by atoms with van der Waals surface area (Å²) in [5, 5.41) is 0. The van der Waals surface area contributed by atoms with Crippen molar-refractivity contribution >= 4 is 35.6 Å². The third-order valence-electron chi connectivity index (χ3n) is 10.9. The minimum atomic E-state index is -4.56. The fourth-order valence-electron chi connectivity index (χ4n) is 8.76. The van der Waals surface area contributed by atoms with Gasteiger partial charge in [-0.2, -0.15) is 0 Å². The molecule has 0 saturated carbocycles. The van der Waals surface area contributed by atoms with E-state index in [-0.39, 0.29) is 41.1 Å². The summed E-state index contributed by atoms with van der Waals surface area (Å²) in [7, 11) is 0. The first kappa shape index (κ1) is 37.9. The Morgan fingerprint density at radius 3 is 1.87 bits per heavy atom. The van der Waals surface area contributed by atoms with Crippen molar-refractivity contribution in [3.05, 3.63) is 103 Å². The molecule has 0 saturated heterocycles. The first-order valence-electron chi connectivity index (χ1n) is 16.7. The number of hydrogen-bond donors (Lipinski definition) is 0. The zero-order valence-electron chi connectivity index (χ0n) is 30.1. The van der Waals surface area contributed by atoms with Crippen LogP contribution >= 0.6 is 24.8 Å². The maximum absolute atomic E-state index is 5.80. The van der Waals surface area contributed by atoms with Crippen LogP contribution in [0.25, 0.3) is 11.1 Å². The Kier molecular flexibility index (Phi) is 10.5. The molecule has 45 heavy (non-hydrogen) atoms. The van der Waals surface area contributed by atoms with Gasteiger partial charge in [0, 0.05) is 0 Å². The number of halogens is 2. The van der Waals surface area contributed by atoms with E-state index in [0.717, 1.165) is 17.0 Å². The Morgan fingerprint density at radius 1 is 0.756 bits per heavy atom. The molecular formula is C42H58Cl2Zr. The van der Waals surface area contributed by atoms with Gasteiger partial charge >= 0.3 is 266 Å². The molecule has 3 aromatic carbocycles. The second-order valence-electron chi connectivity index (χ2n) is 16.8. The fraction of sp³-hybridized carbons (Fsp3) is 0.452. The molecule has 0 bridgehead atoms. The van der Waals surface area contributed by atoms with Crippen LogP contribution in [0.5, 0.6) is 0 Å². The van der Waals surface area contributed by atoms with Gasteiger partial charge in [-0.15, -0.1) is 24.8 Å². The normalized spacial score (nSPS) is 16.9. The van der Waals surface area contributed by atoms with Crippen LogP contribution in [0.2, 0.25) is 4.13 Å². The Labute approximate surface area is 288 Å². The molecule has 1 unspecified atom stereocenters. The summed E-state index contributed by atoms with van der Waals surface area (Å²) in [4.78, 5) is 0. The van der Waals surface area contributed by atoms with Crippen molar-refractivity contribution in [2.24, 2.45) is 11.3 Å². The van der Waals surface area contributed by atoms with Crippen molar-refractivity contribution in [3.8, 4) is 11.1 Å². The minimum absolute atomic E-state index is 0. The zero-order valence-corrected chi connectivity index (χ0v) is 34.2. The molecule has 0 aliphatic heterocycles. The van der Waals surface area contributed by atoms with Gasteiger partial charge in [0.25, 0.3) is 0 Å². The molecule has 0 heterocycles. The van der Waals surface area contributed by atoms with Crippen LogP contribution < -0.4 is 6.54 Å². The van der Waals surface area contributed by atoms with Crippen molar-refractivity contribution < 1.29 is 18.3 Å². The quantitative estimate of drug-likeness (QED) is 0.192. The number of rotatable bonds is 5. The van der Waals surface area contributed by atoms with E-state index in [9.17, 15) is 0 Å². The van der Waals surface area contributed by atoms with Crippen molar-refractivity contribution in [2.45, 2.75) is 111 Å². The summed E-state index contributed by atoms with van der Waals surface area (Å²) in [6.45, 7) is 28.8. The SMILES string of the molecule is Cl.Cl.[CH2]=[Zr]([CH2]C)([C]1=C(CC)C(C(C)(C)C)=CC1C)([c]1ccccc1)[c]1c(C(C)(C)C)ccc2c1Cc1cc(C(C)(C)C)ccc1-2. The molecular weight excluding hydrogens is 667 g/mol. The fourth-order valence-corrected chi connectivity index (χ4v) is 26.7. The Balaban J connectivity index is 0.00000276. The van der Waals surface area contributed by atoms with Crippen LogP contribution in [0.15, 0.2) is 81.2 Å². The third-order valence-corrected chi connectivity index (χ3v) is 28.4. The zero-order chi connectivity index (χ0) is 31.8. The van der Waals surface area contributed by atoms with Gasteiger partial charge in [0.05, 0.1) is 0 Å². The van der Waals surface area contributed by atoms with Crippen molar-refractivity contribution in [2.75, 3.05) is 0 Å². The summed E-state index contributed by atoms with van der Waals surface area (Å²) in [6.07, 6.45) is 4.68. The Hall–Kier alpha value is -1.53. The molecule has 0 nitrogen and oxygen atoms in total. The van der Waals surface area contributed by atoms with E-state index in [0.29, 0.717) is 5.92 Å². The van der Waals surface area contributed by atoms with Crippen molar-refractivity contribution in [1.29, 1.82) is 0 Å². The number of benzene rings is 3. The van der Waals surface area contributed by atoms with Gasteiger partial charge in [-0.05, 0) is 0 Å². The van der Waals surface area contributed by atoms with Crippen molar-refractivity contribution in [1.82, 2.24) is 0 Å². The van der Waals surface area contributed by atoms with Gasteiger partial charge in [0.15, 0.2) is 0 Å². The number of allylic oxidation sites excluding steroid dienone is 4. The van der Waals surface area contributed by atoms with E-state index in [1.807, 2.05) is 0 Å². The Bertz CT molecular complexity index is 1720. The van der Waals surface area contributed by atoms with E-state index in [2.05, 4.69) is 150 Å². The predicted octanol–water partition coefficient (Wildman–Crippen LogP) is 11.5. The van der Waals surface area contributed by atoms with E-state index >= 15 is 0 Å². The molecule has 3 aromatic rings. The van der Waals surface area contributed by atoms with Crippen LogP contribution in [-0.2, 0) is 35.5 Å². The molecule has 0 amide bonds. The van der Waals surface area contributed by atoms with Crippen LogP contribution in [0, 0.1) is 11.3 Å². The average molecular weight is 725 g/mol. The monoisotopic (exact) mass is 722 g/mol. The molecule has 0 aromatic heterocycles. The molecule has 2 aliphatic rings. The van der Waals surface area contributed by atoms with E-state index in [1.165, 1.54) is 31.1 Å². The standard InChI is InChI=1S/C21H25.C12H19.C6H5.C2H5.CH2.2ClH.Zr/c1-20(2,3)16-7-9-18-14(12-16)11-15-13-17(21(4,5)6)8-10-19(15)18;1-6-10-7-9(2)8-11(10)12(3,4)5;1-2-4-6-5-3-1;1-2;;;;/h7-10,12H,11H2,1-6H3;8-9H,6H2,1-5H3;1-5H;1H2,2H3;1H2;2*1H;. The summed E-state index contributed by atoms with van der Waals surface area (Å²) in [6, 6.07) is 23.9. The van der Waals surface area contributed by atoms with Crippen molar-refractivity contribution in [3.63, 3.8) is 0 Å². The van der Waals surface area contributed by atoms with Gasteiger partial charge in [0.1, 0.15) is 0 Å².